The second-order valence-corrected chi connectivity index (χ2v) is 8.59. The zero-order chi connectivity index (χ0) is 16.9. The van der Waals surface area contributed by atoms with Crippen LogP contribution < -0.4 is 5.32 Å². The van der Waals surface area contributed by atoms with Crippen molar-refractivity contribution in [1.29, 1.82) is 0 Å². The predicted molar refractivity (Wildman–Crippen MR) is 87.5 cm³/mol. The molecule has 132 valence electrons. The number of alkyl halides is 3. The highest BCUT2D eigenvalue weighted by Crippen LogP contribution is 2.61. The lowest BCUT2D eigenvalue weighted by atomic mass is 9.48. The van der Waals surface area contributed by atoms with Gasteiger partial charge in [-0.15, -0.1) is 0 Å². The van der Waals surface area contributed by atoms with Crippen LogP contribution in [0.25, 0.3) is 0 Å². The molecule has 4 aliphatic rings. The van der Waals surface area contributed by atoms with E-state index < -0.39 is 11.7 Å². The van der Waals surface area contributed by atoms with Crippen molar-refractivity contribution in [2.75, 3.05) is 5.32 Å². The van der Waals surface area contributed by atoms with Gasteiger partial charge in [0.25, 0.3) is 0 Å². The van der Waals surface area contributed by atoms with Crippen LogP contribution in [0.3, 0.4) is 0 Å². The van der Waals surface area contributed by atoms with Crippen LogP contribution in [0.2, 0.25) is 0 Å². The number of halogens is 3. The topological polar surface area (TPSA) is 24.9 Å². The minimum Gasteiger partial charge on any atom is -0.368 e. The Labute approximate surface area is 141 Å². The number of nitrogens with one attached hydrogen (secondary N) is 1. The largest absolute Gasteiger partial charge is 0.416 e. The zero-order valence-electron chi connectivity index (χ0n) is 14.1. The third-order valence-corrected chi connectivity index (χ3v) is 6.39. The summed E-state index contributed by atoms with van der Waals surface area (Å²) in [5, 5.41) is 3.22. The van der Waals surface area contributed by atoms with Crippen molar-refractivity contribution in [2.24, 2.45) is 23.2 Å². The molecule has 0 spiro atoms. The number of anilines is 1. The summed E-state index contributed by atoms with van der Waals surface area (Å²) in [6.45, 7) is 2.08. The van der Waals surface area contributed by atoms with Crippen LogP contribution >= 0.6 is 0 Å². The monoisotopic (exact) mass is 338 g/mol. The normalized spacial score (nSPS) is 35.9. The molecule has 4 fully saturated rings. The first-order valence-corrected chi connectivity index (χ1v) is 9.11. The molecule has 4 saturated carbocycles. The molecular weight excluding hydrogens is 313 g/mol. The molecule has 1 aromatic heterocycles. The minimum atomic E-state index is -4.32. The maximum Gasteiger partial charge on any atom is 0.416 e. The molecule has 4 bridgehead atoms. The summed E-state index contributed by atoms with van der Waals surface area (Å²) in [6.07, 6.45) is 6.17. The number of pyridine rings is 1. The fourth-order valence-corrected chi connectivity index (χ4v) is 6.18. The summed E-state index contributed by atoms with van der Waals surface area (Å²) in [6, 6.07) is 2.29. The molecule has 0 aromatic carbocycles. The Hall–Kier alpha value is -1.26. The molecule has 1 N–H and O–H groups in total. The SMILES string of the molecule is CC(CC12CC3CC(CC(C3)C1)C2)Nc1cc(C(F)(F)F)ccn1. The standard InChI is InChI=1S/C19H25F3N2/c1-12(24-17-7-16(2-3-23-17)19(20,21)22)8-18-9-13-4-14(10-18)6-15(5-13)11-18/h2-3,7,12-15H,4-6,8-11H2,1H3,(H,23,24). The van der Waals surface area contributed by atoms with Crippen molar-refractivity contribution < 1.29 is 13.2 Å². The van der Waals surface area contributed by atoms with E-state index in [0.29, 0.717) is 11.2 Å². The third-order valence-electron chi connectivity index (χ3n) is 6.39. The molecule has 1 aromatic rings. The number of hydrogen-bond acceptors (Lipinski definition) is 2. The van der Waals surface area contributed by atoms with E-state index in [1.165, 1.54) is 44.7 Å². The number of nitrogens with zero attached hydrogens (tertiary/aromatic N) is 1. The van der Waals surface area contributed by atoms with Gasteiger partial charge in [0.05, 0.1) is 5.56 Å². The van der Waals surface area contributed by atoms with E-state index >= 15 is 0 Å². The number of rotatable bonds is 4. The van der Waals surface area contributed by atoms with Crippen molar-refractivity contribution in [3.05, 3.63) is 23.9 Å². The molecule has 0 radical (unpaired) electrons. The summed E-state index contributed by atoms with van der Waals surface area (Å²) < 4.78 is 38.5. The molecular formula is C19H25F3N2. The summed E-state index contributed by atoms with van der Waals surface area (Å²) in [7, 11) is 0. The molecule has 0 amide bonds. The van der Waals surface area contributed by atoms with Crippen molar-refractivity contribution in [2.45, 2.75) is 64.1 Å². The van der Waals surface area contributed by atoms with E-state index in [2.05, 4.69) is 17.2 Å². The van der Waals surface area contributed by atoms with Gasteiger partial charge in [-0.3, -0.25) is 0 Å². The number of aromatic nitrogens is 1. The van der Waals surface area contributed by atoms with Crippen LogP contribution in [0, 0.1) is 23.2 Å². The Kier molecular flexibility index (Phi) is 3.81. The third kappa shape index (κ3) is 3.14. The maximum absolute atomic E-state index is 12.8. The minimum absolute atomic E-state index is 0.150. The quantitative estimate of drug-likeness (QED) is 0.783. The Morgan fingerprint density at radius 2 is 1.75 bits per heavy atom. The molecule has 0 aliphatic heterocycles. The Balaban J connectivity index is 1.43. The second-order valence-electron chi connectivity index (χ2n) is 8.59. The summed E-state index contributed by atoms with van der Waals surface area (Å²) in [5.41, 5.74) is -0.218. The molecule has 5 heteroatoms. The van der Waals surface area contributed by atoms with E-state index in [9.17, 15) is 13.2 Å². The van der Waals surface area contributed by atoms with Crippen LogP contribution in [-0.4, -0.2) is 11.0 Å². The fraction of sp³-hybridized carbons (Fsp3) is 0.737. The lowest BCUT2D eigenvalue weighted by molar-refractivity contribution is -0.137. The smallest absolute Gasteiger partial charge is 0.368 e. The highest BCUT2D eigenvalue weighted by molar-refractivity contribution is 5.39. The molecule has 1 unspecified atom stereocenters. The summed E-state index contributed by atoms with van der Waals surface area (Å²) >= 11 is 0. The van der Waals surface area contributed by atoms with Crippen molar-refractivity contribution in [3.63, 3.8) is 0 Å². The molecule has 1 heterocycles. The molecule has 1 atom stereocenters. The number of hydrogen-bond donors (Lipinski definition) is 1. The Bertz CT molecular complexity index is 576. The van der Waals surface area contributed by atoms with Gasteiger partial charge in [-0.05, 0) is 87.2 Å². The van der Waals surface area contributed by atoms with Crippen LogP contribution in [0.4, 0.5) is 19.0 Å². The van der Waals surface area contributed by atoms with Gasteiger partial charge >= 0.3 is 6.18 Å². The van der Waals surface area contributed by atoms with Crippen LogP contribution in [0.15, 0.2) is 18.3 Å². The lowest BCUT2D eigenvalue weighted by Crippen LogP contribution is -2.47. The van der Waals surface area contributed by atoms with E-state index in [0.717, 1.165) is 36.3 Å². The van der Waals surface area contributed by atoms with Gasteiger partial charge in [0, 0.05) is 12.2 Å². The van der Waals surface area contributed by atoms with E-state index in [1.807, 2.05) is 0 Å². The van der Waals surface area contributed by atoms with Crippen molar-refractivity contribution >= 4 is 5.82 Å². The van der Waals surface area contributed by atoms with Gasteiger partial charge in [0.1, 0.15) is 5.82 Å². The lowest BCUT2D eigenvalue weighted by Gasteiger charge is -2.57. The van der Waals surface area contributed by atoms with E-state index in [4.69, 9.17) is 0 Å². The average Bonchev–Trinajstić information content (AvgIpc) is 2.44. The molecule has 24 heavy (non-hydrogen) atoms. The Morgan fingerprint density at radius 3 is 2.29 bits per heavy atom. The molecule has 0 saturated heterocycles. The summed E-state index contributed by atoms with van der Waals surface area (Å²) in [5.74, 6) is 3.03. The van der Waals surface area contributed by atoms with E-state index in [-0.39, 0.29) is 6.04 Å². The molecule has 4 aliphatic carbocycles. The van der Waals surface area contributed by atoms with Crippen molar-refractivity contribution in [1.82, 2.24) is 4.98 Å². The maximum atomic E-state index is 12.8. The van der Waals surface area contributed by atoms with Gasteiger partial charge < -0.3 is 5.32 Å². The van der Waals surface area contributed by atoms with Gasteiger partial charge in [0.2, 0.25) is 0 Å². The van der Waals surface area contributed by atoms with Crippen molar-refractivity contribution in [3.8, 4) is 0 Å². The Morgan fingerprint density at radius 1 is 1.17 bits per heavy atom. The molecule has 2 nitrogen and oxygen atoms in total. The zero-order valence-corrected chi connectivity index (χ0v) is 14.1. The highest BCUT2D eigenvalue weighted by atomic mass is 19.4. The van der Waals surface area contributed by atoms with E-state index in [1.54, 1.807) is 0 Å². The first-order valence-electron chi connectivity index (χ1n) is 9.11. The van der Waals surface area contributed by atoms with Crippen LogP contribution in [0.5, 0.6) is 0 Å². The summed E-state index contributed by atoms with van der Waals surface area (Å²) in [4.78, 5) is 4.08. The highest BCUT2D eigenvalue weighted by Gasteiger charge is 2.50. The van der Waals surface area contributed by atoms with Crippen LogP contribution in [-0.2, 0) is 6.18 Å². The first kappa shape index (κ1) is 16.2. The van der Waals surface area contributed by atoms with Gasteiger partial charge in [-0.2, -0.15) is 13.2 Å². The fourth-order valence-electron chi connectivity index (χ4n) is 6.18. The predicted octanol–water partition coefficient (Wildman–Crippen LogP) is 5.51. The molecule has 5 rings (SSSR count). The first-order chi connectivity index (χ1) is 11.3. The van der Waals surface area contributed by atoms with Gasteiger partial charge in [0.15, 0.2) is 0 Å². The van der Waals surface area contributed by atoms with Gasteiger partial charge in [-0.1, -0.05) is 0 Å². The van der Waals surface area contributed by atoms with Crippen LogP contribution in [0.1, 0.15) is 57.4 Å². The average molecular weight is 338 g/mol. The second kappa shape index (κ2) is 5.63. The van der Waals surface area contributed by atoms with Gasteiger partial charge in [-0.25, -0.2) is 4.98 Å².